The van der Waals surface area contributed by atoms with Crippen molar-refractivity contribution in [3.63, 3.8) is 0 Å². The Balaban J connectivity index is 3.10. The quantitative estimate of drug-likeness (QED) is 0.635. The maximum atomic E-state index is 10.9. The lowest BCUT2D eigenvalue weighted by Crippen LogP contribution is -2.36. The topological polar surface area (TPSA) is 111 Å². The van der Waals surface area contributed by atoms with E-state index in [9.17, 15) is 14.9 Å². The van der Waals surface area contributed by atoms with Gasteiger partial charge >= 0.3 is 5.69 Å². The van der Waals surface area contributed by atoms with Crippen LogP contribution in [0.5, 0.6) is 0 Å². The number of amides is 1. The average Bonchev–Trinajstić information content (AvgIpc) is 2.18. The minimum atomic E-state index is -0.694. The molecule has 3 N–H and O–H groups in total. The predicted octanol–water partition coefficient (Wildman–Crippen LogP) is 1.82. The van der Waals surface area contributed by atoms with Gasteiger partial charge in [0.25, 0.3) is 0 Å². The van der Waals surface area contributed by atoms with E-state index >= 15 is 0 Å². The normalized spacial score (nSPS) is 11.1. The van der Waals surface area contributed by atoms with Gasteiger partial charge in [-0.1, -0.05) is 0 Å². The lowest BCUT2D eigenvalue weighted by molar-refractivity contribution is -0.384. The highest BCUT2D eigenvalue weighted by Crippen LogP contribution is 2.33. The molecule has 1 aromatic heterocycles. The third kappa shape index (κ3) is 3.66. The second-order valence-electron chi connectivity index (χ2n) is 4.42. The summed E-state index contributed by atoms with van der Waals surface area (Å²) in [6.45, 7) is 3.46. The molecule has 1 rings (SSSR count). The van der Waals surface area contributed by atoms with Gasteiger partial charge in [0, 0.05) is 18.2 Å². The number of nitro groups is 1. The summed E-state index contributed by atoms with van der Waals surface area (Å²) < 4.78 is 0.453. The molecule has 0 aliphatic carbocycles. The zero-order valence-electron chi connectivity index (χ0n) is 9.94. The van der Waals surface area contributed by atoms with Crippen molar-refractivity contribution < 1.29 is 9.72 Å². The van der Waals surface area contributed by atoms with Crippen molar-refractivity contribution >= 4 is 33.2 Å². The van der Waals surface area contributed by atoms with E-state index in [2.05, 4.69) is 26.2 Å². The summed E-state index contributed by atoms with van der Waals surface area (Å²) in [5.41, 5.74) is 4.55. The van der Waals surface area contributed by atoms with E-state index in [1.165, 1.54) is 6.20 Å². The second kappa shape index (κ2) is 5.30. The van der Waals surface area contributed by atoms with Crippen LogP contribution in [0.4, 0.5) is 11.4 Å². The van der Waals surface area contributed by atoms with Crippen molar-refractivity contribution in [2.24, 2.45) is 5.73 Å². The molecule has 0 unspecified atom stereocenters. The highest BCUT2D eigenvalue weighted by molar-refractivity contribution is 9.10. The molecule has 0 bridgehead atoms. The Labute approximate surface area is 112 Å². The Morgan fingerprint density at radius 1 is 1.61 bits per heavy atom. The molecule has 0 aliphatic rings. The molecular weight excluding hydrogens is 304 g/mol. The first kappa shape index (κ1) is 14.4. The average molecular weight is 317 g/mol. The maximum Gasteiger partial charge on any atom is 0.311 e. The van der Waals surface area contributed by atoms with Crippen LogP contribution in [0.2, 0.25) is 0 Å². The summed E-state index contributed by atoms with van der Waals surface area (Å²) in [5.74, 6) is -0.486. The summed E-state index contributed by atoms with van der Waals surface area (Å²) in [5, 5.41) is 13.8. The molecule has 1 heterocycles. The van der Waals surface area contributed by atoms with Crippen molar-refractivity contribution in [1.29, 1.82) is 0 Å². The Bertz CT molecular complexity index is 490. The molecule has 0 saturated heterocycles. The zero-order valence-corrected chi connectivity index (χ0v) is 11.5. The van der Waals surface area contributed by atoms with Gasteiger partial charge < -0.3 is 11.1 Å². The monoisotopic (exact) mass is 316 g/mol. The standard InChI is InChI=1S/C10H13BrN4O3/c1-10(2,3-8(12)16)14-9-6(11)4-13-5-7(9)15(17)18/h4-5H,3H2,1-2H3,(H2,12,16)(H,13,14). The third-order valence-corrected chi connectivity index (χ3v) is 2.76. The first-order chi connectivity index (χ1) is 8.23. The lowest BCUT2D eigenvalue weighted by Gasteiger charge is -2.26. The first-order valence-corrected chi connectivity index (χ1v) is 5.86. The van der Waals surface area contributed by atoms with Crippen molar-refractivity contribution in [2.75, 3.05) is 5.32 Å². The first-order valence-electron chi connectivity index (χ1n) is 5.07. The van der Waals surface area contributed by atoms with E-state index in [0.29, 0.717) is 4.47 Å². The molecule has 0 spiro atoms. The molecular formula is C10H13BrN4O3. The SMILES string of the molecule is CC(C)(CC(N)=O)Nc1c(Br)cncc1[N+](=O)[O-]. The Morgan fingerprint density at radius 2 is 2.22 bits per heavy atom. The van der Waals surface area contributed by atoms with Gasteiger partial charge in [0.2, 0.25) is 5.91 Å². The number of pyridine rings is 1. The minimum Gasteiger partial charge on any atom is -0.373 e. The molecule has 0 atom stereocenters. The minimum absolute atomic E-state index is 0.0545. The molecule has 0 saturated carbocycles. The van der Waals surface area contributed by atoms with Gasteiger partial charge in [-0.05, 0) is 29.8 Å². The summed E-state index contributed by atoms with van der Waals surface area (Å²) in [6, 6.07) is 0. The van der Waals surface area contributed by atoms with E-state index in [1.54, 1.807) is 13.8 Å². The van der Waals surface area contributed by atoms with Gasteiger partial charge in [-0.2, -0.15) is 0 Å². The largest absolute Gasteiger partial charge is 0.373 e. The number of nitrogens with one attached hydrogen (secondary N) is 1. The Morgan fingerprint density at radius 3 is 2.72 bits per heavy atom. The van der Waals surface area contributed by atoms with Crippen molar-refractivity contribution in [3.8, 4) is 0 Å². The zero-order chi connectivity index (χ0) is 13.9. The third-order valence-electron chi connectivity index (χ3n) is 2.16. The number of primary amides is 1. The van der Waals surface area contributed by atoms with Crippen LogP contribution in [0.15, 0.2) is 16.9 Å². The van der Waals surface area contributed by atoms with Crippen LogP contribution in [0.3, 0.4) is 0 Å². The fourth-order valence-electron chi connectivity index (χ4n) is 1.51. The van der Waals surface area contributed by atoms with Crippen LogP contribution in [-0.2, 0) is 4.79 Å². The van der Waals surface area contributed by atoms with Crippen LogP contribution in [0, 0.1) is 10.1 Å². The molecule has 1 aromatic rings. The summed E-state index contributed by atoms with van der Waals surface area (Å²) in [6.07, 6.45) is 2.64. The predicted molar refractivity (Wildman–Crippen MR) is 70.1 cm³/mol. The Kier molecular flexibility index (Phi) is 4.23. The number of aromatic nitrogens is 1. The number of hydrogen-bond acceptors (Lipinski definition) is 5. The molecule has 0 fully saturated rings. The number of anilines is 1. The smallest absolute Gasteiger partial charge is 0.311 e. The number of carbonyl (C=O) groups excluding carboxylic acids is 1. The summed E-state index contributed by atoms with van der Waals surface area (Å²) in [7, 11) is 0. The van der Waals surface area contributed by atoms with E-state index < -0.39 is 16.4 Å². The van der Waals surface area contributed by atoms with Gasteiger partial charge in [0.05, 0.1) is 9.40 Å². The van der Waals surface area contributed by atoms with Crippen LogP contribution >= 0.6 is 15.9 Å². The lowest BCUT2D eigenvalue weighted by atomic mass is 10.00. The van der Waals surface area contributed by atoms with Crippen LogP contribution < -0.4 is 11.1 Å². The van der Waals surface area contributed by atoms with E-state index in [4.69, 9.17) is 5.73 Å². The van der Waals surface area contributed by atoms with Crippen LogP contribution in [0.25, 0.3) is 0 Å². The highest BCUT2D eigenvalue weighted by Gasteiger charge is 2.26. The van der Waals surface area contributed by atoms with Crippen molar-refractivity contribution in [3.05, 3.63) is 27.0 Å². The number of carbonyl (C=O) groups is 1. The number of nitrogens with two attached hydrogens (primary N) is 1. The van der Waals surface area contributed by atoms with Gasteiger partial charge in [-0.3, -0.25) is 19.9 Å². The molecule has 7 nitrogen and oxygen atoms in total. The van der Waals surface area contributed by atoms with Crippen LogP contribution in [0.1, 0.15) is 20.3 Å². The molecule has 0 radical (unpaired) electrons. The maximum absolute atomic E-state index is 10.9. The van der Waals surface area contributed by atoms with E-state index in [1.807, 2.05) is 0 Å². The molecule has 18 heavy (non-hydrogen) atoms. The number of nitrogens with zero attached hydrogens (tertiary/aromatic N) is 2. The van der Waals surface area contributed by atoms with Crippen molar-refractivity contribution in [1.82, 2.24) is 4.98 Å². The van der Waals surface area contributed by atoms with Gasteiger partial charge in [-0.15, -0.1) is 0 Å². The number of halogens is 1. The van der Waals surface area contributed by atoms with Gasteiger partial charge in [0.15, 0.2) is 0 Å². The van der Waals surface area contributed by atoms with Crippen molar-refractivity contribution in [2.45, 2.75) is 25.8 Å². The van der Waals surface area contributed by atoms with Gasteiger partial charge in [0.1, 0.15) is 11.9 Å². The van der Waals surface area contributed by atoms with E-state index in [0.717, 1.165) is 6.20 Å². The number of rotatable bonds is 5. The number of hydrogen-bond donors (Lipinski definition) is 2. The fraction of sp³-hybridized carbons (Fsp3) is 0.400. The van der Waals surface area contributed by atoms with E-state index in [-0.39, 0.29) is 17.8 Å². The summed E-state index contributed by atoms with van der Waals surface area (Å²) >= 11 is 3.19. The second-order valence-corrected chi connectivity index (χ2v) is 5.28. The van der Waals surface area contributed by atoms with Crippen LogP contribution in [-0.4, -0.2) is 21.4 Å². The Hall–Kier alpha value is -1.70. The molecule has 0 aromatic carbocycles. The highest BCUT2D eigenvalue weighted by atomic mass is 79.9. The summed E-state index contributed by atoms with van der Waals surface area (Å²) in [4.78, 5) is 25.0. The molecule has 98 valence electrons. The molecule has 0 aliphatic heterocycles. The molecule has 8 heteroatoms. The molecule has 1 amide bonds. The fourth-order valence-corrected chi connectivity index (χ4v) is 1.93. The van der Waals surface area contributed by atoms with Gasteiger partial charge in [-0.25, -0.2) is 0 Å².